The van der Waals surface area contributed by atoms with E-state index in [4.69, 9.17) is 0 Å². The van der Waals surface area contributed by atoms with Gasteiger partial charge in [0, 0.05) is 0 Å². The average Bonchev–Trinajstić information content (AvgIpc) is 2.46. The molecule has 0 saturated heterocycles. The molecule has 2 rings (SSSR count). The summed E-state index contributed by atoms with van der Waals surface area (Å²) in [4.78, 5) is 29.6. The quantitative estimate of drug-likeness (QED) is 0.457. The van der Waals surface area contributed by atoms with Gasteiger partial charge in [-0.3, -0.25) is 9.68 Å². The highest BCUT2D eigenvalue weighted by atomic mass is 17.0. The molecular formula is C12H8N4O6. The highest BCUT2D eigenvalue weighted by molar-refractivity contribution is 5.61. The van der Waals surface area contributed by atoms with Crippen molar-refractivity contribution in [1.82, 2.24) is 0 Å². The summed E-state index contributed by atoms with van der Waals surface area (Å²) in [6, 6.07) is 12.2. The van der Waals surface area contributed by atoms with Crippen LogP contribution >= 0.6 is 0 Å². The van der Waals surface area contributed by atoms with Gasteiger partial charge in [0.15, 0.2) is 11.5 Å². The van der Waals surface area contributed by atoms with Gasteiger partial charge in [-0.05, 0) is 24.3 Å². The molecule has 0 radical (unpaired) electrons. The van der Waals surface area contributed by atoms with Crippen molar-refractivity contribution >= 4 is 11.4 Å². The maximum atomic E-state index is 10.5. The van der Waals surface area contributed by atoms with E-state index in [0.29, 0.717) is 5.69 Å². The summed E-state index contributed by atoms with van der Waals surface area (Å²) in [7, 11) is 0. The Labute approximate surface area is 122 Å². The van der Waals surface area contributed by atoms with Crippen molar-refractivity contribution in [2.24, 2.45) is 10.2 Å². The second-order valence-electron chi connectivity index (χ2n) is 3.77. The molecule has 2 aromatic rings. The van der Waals surface area contributed by atoms with E-state index >= 15 is 0 Å². The predicted octanol–water partition coefficient (Wildman–Crippen LogP) is 3.24. The van der Waals surface area contributed by atoms with Gasteiger partial charge in [-0.25, -0.2) is 0 Å². The van der Waals surface area contributed by atoms with Gasteiger partial charge in [-0.1, -0.05) is 24.3 Å². The molecule has 0 aliphatic rings. The Hall–Kier alpha value is -3.56. The standard InChI is InChI=1S/C12H8N4O6/c17-15(18)21-10-7-4-8-11(22-16(19)20)12(10)14-13-9-5-2-1-3-6-9/h1-8H. The molecular weight excluding hydrogens is 296 g/mol. The van der Waals surface area contributed by atoms with Gasteiger partial charge in [0.05, 0.1) is 5.69 Å². The van der Waals surface area contributed by atoms with Crippen LogP contribution in [0.1, 0.15) is 0 Å². The highest BCUT2D eigenvalue weighted by Crippen LogP contribution is 2.38. The Bertz CT molecular complexity index is 685. The summed E-state index contributed by atoms with van der Waals surface area (Å²) in [6.45, 7) is 0. The van der Waals surface area contributed by atoms with Crippen LogP contribution in [0.3, 0.4) is 0 Å². The molecule has 22 heavy (non-hydrogen) atoms. The van der Waals surface area contributed by atoms with Crippen LogP contribution in [0.5, 0.6) is 11.5 Å². The maximum Gasteiger partial charge on any atom is 0.299 e. The number of benzene rings is 2. The second-order valence-corrected chi connectivity index (χ2v) is 3.77. The highest BCUT2D eigenvalue weighted by Gasteiger charge is 2.14. The number of azo groups is 1. The van der Waals surface area contributed by atoms with E-state index in [1.165, 1.54) is 18.2 Å². The minimum atomic E-state index is -1.06. The predicted molar refractivity (Wildman–Crippen MR) is 72.3 cm³/mol. The first-order valence-corrected chi connectivity index (χ1v) is 5.81. The van der Waals surface area contributed by atoms with Crippen LogP contribution < -0.4 is 9.68 Å². The molecule has 112 valence electrons. The Kier molecular flexibility index (Phi) is 4.55. The lowest BCUT2D eigenvalue weighted by molar-refractivity contribution is -0.713. The van der Waals surface area contributed by atoms with Gasteiger partial charge in [0.2, 0.25) is 0 Å². The summed E-state index contributed by atoms with van der Waals surface area (Å²) in [6.07, 6.45) is 0. The van der Waals surface area contributed by atoms with Crippen LogP contribution in [0.2, 0.25) is 0 Å². The zero-order valence-electron chi connectivity index (χ0n) is 10.9. The van der Waals surface area contributed by atoms with Crippen LogP contribution in [0, 0.1) is 20.2 Å². The molecule has 0 heterocycles. The second kappa shape index (κ2) is 6.74. The molecule has 0 unspecified atom stereocenters. The topological polar surface area (TPSA) is 129 Å². The lowest BCUT2D eigenvalue weighted by Gasteiger charge is -2.06. The third-order valence-corrected chi connectivity index (χ3v) is 2.33. The first-order chi connectivity index (χ1) is 10.6. The molecule has 2 aromatic carbocycles. The Morgan fingerprint density at radius 3 is 1.82 bits per heavy atom. The molecule has 10 nitrogen and oxygen atoms in total. The van der Waals surface area contributed by atoms with Crippen molar-refractivity contribution in [2.45, 2.75) is 0 Å². The summed E-state index contributed by atoms with van der Waals surface area (Å²) < 4.78 is 0. The third-order valence-electron chi connectivity index (χ3n) is 2.33. The molecule has 0 atom stereocenters. The smallest absolute Gasteiger partial charge is 0.274 e. The average molecular weight is 304 g/mol. The fourth-order valence-corrected chi connectivity index (χ4v) is 1.51. The van der Waals surface area contributed by atoms with Crippen molar-refractivity contribution in [1.29, 1.82) is 0 Å². The Balaban J connectivity index is 2.42. The number of rotatable bonds is 6. The van der Waals surface area contributed by atoms with Crippen LogP contribution in [-0.4, -0.2) is 10.2 Å². The zero-order valence-corrected chi connectivity index (χ0v) is 10.9. The van der Waals surface area contributed by atoms with Crippen molar-refractivity contribution in [3.63, 3.8) is 0 Å². The zero-order chi connectivity index (χ0) is 15.9. The monoisotopic (exact) mass is 304 g/mol. The van der Waals surface area contributed by atoms with E-state index in [1.54, 1.807) is 30.3 Å². The lowest BCUT2D eigenvalue weighted by atomic mass is 10.3. The van der Waals surface area contributed by atoms with Crippen LogP contribution in [0.15, 0.2) is 58.8 Å². The summed E-state index contributed by atoms with van der Waals surface area (Å²) in [5, 5.41) is 26.4. The number of nitrogens with zero attached hydrogens (tertiary/aromatic N) is 4. The third kappa shape index (κ3) is 3.96. The van der Waals surface area contributed by atoms with E-state index in [1.807, 2.05) is 0 Å². The molecule has 0 bridgehead atoms. The van der Waals surface area contributed by atoms with Crippen LogP contribution in [0.4, 0.5) is 11.4 Å². The molecule has 0 aliphatic heterocycles. The van der Waals surface area contributed by atoms with E-state index in [9.17, 15) is 20.2 Å². The first kappa shape index (κ1) is 14.8. The molecule has 0 fully saturated rings. The van der Waals surface area contributed by atoms with Crippen molar-refractivity contribution in [2.75, 3.05) is 0 Å². The maximum absolute atomic E-state index is 10.5. The van der Waals surface area contributed by atoms with Gasteiger partial charge < -0.3 is 0 Å². The van der Waals surface area contributed by atoms with E-state index < -0.39 is 10.2 Å². The van der Waals surface area contributed by atoms with Crippen molar-refractivity contribution in [3.8, 4) is 11.5 Å². The van der Waals surface area contributed by atoms with E-state index in [2.05, 4.69) is 19.9 Å². The fourth-order valence-electron chi connectivity index (χ4n) is 1.51. The van der Waals surface area contributed by atoms with Gasteiger partial charge in [0.1, 0.15) is 5.69 Å². The normalized spacial score (nSPS) is 10.4. The summed E-state index contributed by atoms with van der Waals surface area (Å²) in [5.41, 5.74) is 0.185. The lowest BCUT2D eigenvalue weighted by Crippen LogP contribution is -2.06. The van der Waals surface area contributed by atoms with E-state index in [-0.39, 0.29) is 17.2 Å². The van der Waals surface area contributed by atoms with Crippen LogP contribution in [0.25, 0.3) is 0 Å². The minimum Gasteiger partial charge on any atom is -0.274 e. The Morgan fingerprint density at radius 1 is 0.773 bits per heavy atom. The van der Waals surface area contributed by atoms with Crippen molar-refractivity contribution < 1.29 is 19.8 Å². The molecule has 0 spiro atoms. The Morgan fingerprint density at radius 2 is 1.32 bits per heavy atom. The fraction of sp³-hybridized carbons (Fsp3) is 0. The van der Waals surface area contributed by atoms with Crippen LogP contribution in [-0.2, 0) is 0 Å². The molecule has 0 saturated carbocycles. The molecule has 0 aliphatic carbocycles. The number of hydrogen-bond donors (Lipinski definition) is 0. The SMILES string of the molecule is O=[N+]([O-])Oc1cccc(O[N+](=O)[O-])c1N=Nc1ccccc1. The summed E-state index contributed by atoms with van der Waals surface area (Å²) in [5.74, 6) is -0.659. The van der Waals surface area contributed by atoms with Gasteiger partial charge in [-0.15, -0.1) is 25.3 Å². The van der Waals surface area contributed by atoms with E-state index in [0.717, 1.165) is 0 Å². The largest absolute Gasteiger partial charge is 0.299 e. The molecule has 10 heteroatoms. The molecule has 0 aromatic heterocycles. The van der Waals surface area contributed by atoms with Gasteiger partial charge >= 0.3 is 0 Å². The van der Waals surface area contributed by atoms with Gasteiger partial charge in [-0.2, -0.15) is 5.11 Å². The minimum absolute atomic E-state index is 0.264. The molecule has 0 N–H and O–H groups in total. The first-order valence-electron chi connectivity index (χ1n) is 5.81. The van der Waals surface area contributed by atoms with Crippen molar-refractivity contribution in [3.05, 3.63) is 68.8 Å². The summed E-state index contributed by atoms with van der Waals surface area (Å²) >= 11 is 0. The molecule has 0 amide bonds. The van der Waals surface area contributed by atoms with Gasteiger partial charge in [0.25, 0.3) is 10.2 Å². The number of hydrogen-bond acceptors (Lipinski definition) is 8.